The van der Waals surface area contributed by atoms with Gasteiger partial charge in [0, 0.05) is 32.1 Å². The Hall–Kier alpha value is -1.77. The first-order valence-electron chi connectivity index (χ1n) is 8.97. The van der Waals surface area contributed by atoms with Crippen LogP contribution < -0.4 is 10.1 Å². The molecule has 0 bridgehead atoms. The Kier molecular flexibility index (Phi) is 9.62. The molecule has 0 amide bonds. The molecular weight excluding hydrogens is 455 g/mol. The highest BCUT2D eigenvalue weighted by Crippen LogP contribution is 2.22. The normalized spacial score (nSPS) is 12.3. The average molecular weight is 486 g/mol. The van der Waals surface area contributed by atoms with Gasteiger partial charge in [0.05, 0.1) is 12.2 Å². The number of hydrogen-bond donors (Lipinski definition) is 1. The fraction of sp³-hybridized carbons (Fsp3) is 0.500. The molecule has 1 N–H and O–H groups in total. The number of halogens is 1. The standard InChI is InChI=1S/C20H30N4O2.HI/c1-14-9-7-8-10-18(14)25-12-11-24(6)20(21-5)22-13-15(2)19-16(3)23-26-17(19)4;/h7-10,15H,11-13H2,1-6H3,(H,21,22);1H. The van der Waals surface area contributed by atoms with Crippen LogP contribution in [0.25, 0.3) is 0 Å². The molecule has 2 rings (SSSR count). The number of ether oxygens (including phenoxy) is 1. The maximum Gasteiger partial charge on any atom is 0.193 e. The molecule has 7 heteroatoms. The molecule has 6 nitrogen and oxygen atoms in total. The molecule has 0 spiro atoms. The minimum Gasteiger partial charge on any atom is -0.491 e. The van der Waals surface area contributed by atoms with Crippen LogP contribution in [0.1, 0.15) is 35.4 Å². The average Bonchev–Trinajstić information content (AvgIpc) is 2.95. The van der Waals surface area contributed by atoms with Crippen molar-refractivity contribution < 1.29 is 9.26 Å². The topological polar surface area (TPSA) is 62.9 Å². The lowest BCUT2D eigenvalue weighted by Gasteiger charge is -2.23. The number of hydrogen-bond acceptors (Lipinski definition) is 4. The maximum absolute atomic E-state index is 5.87. The van der Waals surface area contributed by atoms with Crippen molar-refractivity contribution in [2.24, 2.45) is 4.99 Å². The summed E-state index contributed by atoms with van der Waals surface area (Å²) in [6.07, 6.45) is 0. The van der Waals surface area contributed by atoms with Crippen LogP contribution in [-0.4, -0.2) is 49.8 Å². The van der Waals surface area contributed by atoms with Gasteiger partial charge in [0.2, 0.25) is 0 Å². The lowest BCUT2D eigenvalue weighted by atomic mass is 10.00. The van der Waals surface area contributed by atoms with Crippen LogP contribution in [0.5, 0.6) is 5.75 Å². The summed E-state index contributed by atoms with van der Waals surface area (Å²) in [5, 5.41) is 7.46. The van der Waals surface area contributed by atoms with E-state index in [1.165, 1.54) is 5.56 Å². The predicted octanol–water partition coefficient (Wildman–Crippen LogP) is 3.91. The Balaban J connectivity index is 0.00000364. The van der Waals surface area contributed by atoms with E-state index in [1.54, 1.807) is 7.05 Å². The number of aryl methyl sites for hydroxylation is 3. The zero-order valence-electron chi connectivity index (χ0n) is 17.1. The molecule has 1 aromatic carbocycles. The van der Waals surface area contributed by atoms with Crippen molar-refractivity contribution in [2.75, 3.05) is 33.8 Å². The number of rotatable bonds is 7. The molecule has 1 unspecified atom stereocenters. The lowest BCUT2D eigenvalue weighted by molar-refractivity contribution is 0.280. The van der Waals surface area contributed by atoms with Crippen LogP contribution in [-0.2, 0) is 0 Å². The smallest absolute Gasteiger partial charge is 0.193 e. The predicted molar refractivity (Wildman–Crippen MR) is 120 cm³/mol. The van der Waals surface area contributed by atoms with Crippen LogP contribution in [0.15, 0.2) is 33.8 Å². The van der Waals surface area contributed by atoms with Crippen molar-refractivity contribution in [2.45, 2.75) is 33.6 Å². The summed E-state index contributed by atoms with van der Waals surface area (Å²) in [6.45, 7) is 10.2. The van der Waals surface area contributed by atoms with Crippen molar-refractivity contribution in [3.05, 3.63) is 46.8 Å². The highest BCUT2D eigenvalue weighted by Gasteiger charge is 2.17. The lowest BCUT2D eigenvalue weighted by Crippen LogP contribution is -2.42. The van der Waals surface area contributed by atoms with Crippen LogP contribution in [0.2, 0.25) is 0 Å². The van der Waals surface area contributed by atoms with Crippen LogP contribution in [0, 0.1) is 20.8 Å². The minimum absolute atomic E-state index is 0. The van der Waals surface area contributed by atoms with Crippen LogP contribution >= 0.6 is 24.0 Å². The second-order valence-electron chi connectivity index (χ2n) is 6.60. The molecule has 150 valence electrons. The number of aliphatic imine (C=N–C) groups is 1. The van der Waals surface area contributed by atoms with Gasteiger partial charge in [-0.2, -0.15) is 0 Å². The number of benzene rings is 1. The van der Waals surface area contributed by atoms with Crippen molar-refractivity contribution in [3.63, 3.8) is 0 Å². The van der Waals surface area contributed by atoms with Crippen molar-refractivity contribution >= 4 is 29.9 Å². The molecule has 27 heavy (non-hydrogen) atoms. The number of para-hydroxylation sites is 1. The monoisotopic (exact) mass is 486 g/mol. The van der Waals surface area contributed by atoms with Crippen LogP contribution in [0.4, 0.5) is 0 Å². The van der Waals surface area contributed by atoms with E-state index in [0.29, 0.717) is 6.61 Å². The molecular formula is C20H31IN4O2. The molecule has 1 atom stereocenters. The Morgan fingerprint density at radius 1 is 1.30 bits per heavy atom. The summed E-state index contributed by atoms with van der Waals surface area (Å²) >= 11 is 0. The van der Waals surface area contributed by atoms with Gasteiger partial charge in [-0.15, -0.1) is 24.0 Å². The second kappa shape index (κ2) is 11.2. The SMILES string of the molecule is CN=C(NCC(C)c1c(C)noc1C)N(C)CCOc1ccccc1C.I. The first kappa shape index (κ1) is 23.3. The van der Waals surface area contributed by atoms with E-state index in [9.17, 15) is 0 Å². The second-order valence-corrected chi connectivity index (χ2v) is 6.60. The molecule has 0 aliphatic rings. The van der Waals surface area contributed by atoms with E-state index < -0.39 is 0 Å². The van der Waals surface area contributed by atoms with Gasteiger partial charge in [0.1, 0.15) is 18.1 Å². The molecule has 0 saturated carbocycles. The van der Waals surface area contributed by atoms with Crippen molar-refractivity contribution in [1.82, 2.24) is 15.4 Å². The van der Waals surface area contributed by atoms with Gasteiger partial charge in [-0.1, -0.05) is 30.3 Å². The van der Waals surface area contributed by atoms with Gasteiger partial charge >= 0.3 is 0 Å². The number of nitrogens with zero attached hydrogens (tertiary/aromatic N) is 3. The molecule has 0 aliphatic heterocycles. The highest BCUT2D eigenvalue weighted by atomic mass is 127. The van der Waals surface area contributed by atoms with Gasteiger partial charge in [-0.05, 0) is 32.4 Å². The molecule has 0 fully saturated rings. The number of aromatic nitrogens is 1. The Morgan fingerprint density at radius 2 is 2.00 bits per heavy atom. The maximum atomic E-state index is 5.87. The third kappa shape index (κ3) is 6.41. The van der Waals surface area contributed by atoms with Gasteiger partial charge in [0.25, 0.3) is 0 Å². The van der Waals surface area contributed by atoms with Gasteiger partial charge < -0.3 is 19.5 Å². The molecule has 0 aliphatic carbocycles. The van der Waals surface area contributed by atoms with E-state index >= 15 is 0 Å². The fourth-order valence-electron chi connectivity index (χ4n) is 3.04. The summed E-state index contributed by atoms with van der Waals surface area (Å²) in [5.74, 6) is 2.94. The van der Waals surface area contributed by atoms with Gasteiger partial charge in [-0.25, -0.2) is 0 Å². The Morgan fingerprint density at radius 3 is 2.59 bits per heavy atom. The zero-order valence-corrected chi connectivity index (χ0v) is 19.4. The summed E-state index contributed by atoms with van der Waals surface area (Å²) in [6, 6.07) is 8.05. The molecule has 2 aromatic rings. The van der Waals surface area contributed by atoms with E-state index in [-0.39, 0.29) is 29.9 Å². The fourth-order valence-corrected chi connectivity index (χ4v) is 3.04. The minimum atomic E-state index is 0. The third-order valence-corrected chi connectivity index (χ3v) is 4.50. The zero-order chi connectivity index (χ0) is 19.1. The van der Waals surface area contributed by atoms with E-state index in [4.69, 9.17) is 9.26 Å². The van der Waals surface area contributed by atoms with Crippen LogP contribution in [0.3, 0.4) is 0 Å². The molecule has 0 radical (unpaired) electrons. The van der Waals surface area contributed by atoms with Crippen molar-refractivity contribution in [1.29, 1.82) is 0 Å². The Labute approximate surface area is 179 Å². The molecule has 1 heterocycles. The largest absolute Gasteiger partial charge is 0.491 e. The van der Waals surface area contributed by atoms with E-state index in [1.807, 2.05) is 39.1 Å². The Bertz CT molecular complexity index is 726. The summed E-state index contributed by atoms with van der Waals surface area (Å²) < 4.78 is 11.1. The van der Waals surface area contributed by atoms with E-state index in [0.717, 1.165) is 41.8 Å². The molecule has 0 saturated heterocycles. The van der Waals surface area contributed by atoms with E-state index in [2.05, 4.69) is 40.3 Å². The third-order valence-electron chi connectivity index (χ3n) is 4.50. The van der Waals surface area contributed by atoms with Gasteiger partial charge in [-0.3, -0.25) is 4.99 Å². The summed E-state index contributed by atoms with van der Waals surface area (Å²) in [4.78, 5) is 6.43. The summed E-state index contributed by atoms with van der Waals surface area (Å²) in [7, 11) is 3.80. The first-order chi connectivity index (χ1) is 12.4. The number of guanidine groups is 1. The highest BCUT2D eigenvalue weighted by molar-refractivity contribution is 14.0. The van der Waals surface area contributed by atoms with Gasteiger partial charge in [0.15, 0.2) is 5.96 Å². The number of nitrogens with one attached hydrogen (secondary N) is 1. The first-order valence-corrected chi connectivity index (χ1v) is 8.97. The number of likely N-dealkylation sites (N-methyl/N-ethyl adjacent to an activating group) is 1. The quantitative estimate of drug-likeness (QED) is 0.366. The van der Waals surface area contributed by atoms with Crippen molar-refractivity contribution in [3.8, 4) is 5.75 Å². The molecule has 1 aromatic heterocycles. The summed E-state index contributed by atoms with van der Waals surface area (Å²) in [5.41, 5.74) is 3.26.